The summed E-state index contributed by atoms with van der Waals surface area (Å²) < 4.78 is 20.9. The minimum Gasteiger partial charge on any atom is -0.376 e. The number of carbonyl (C=O) groups is 2. The van der Waals surface area contributed by atoms with Gasteiger partial charge in [-0.05, 0) is 49.8 Å². The fourth-order valence-electron chi connectivity index (χ4n) is 5.06. The van der Waals surface area contributed by atoms with Crippen LogP contribution in [0.1, 0.15) is 84.1 Å². The lowest BCUT2D eigenvalue weighted by Gasteiger charge is -2.21. The van der Waals surface area contributed by atoms with Crippen molar-refractivity contribution in [1.82, 2.24) is 15.2 Å². The van der Waals surface area contributed by atoms with E-state index in [9.17, 15) is 18.8 Å². The van der Waals surface area contributed by atoms with Gasteiger partial charge in [-0.3, -0.25) is 14.4 Å². The molecule has 1 aliphatic carbocycles. The standard InChI is InChI=1S/C28H36FN3O4/c29-21-9-6-8-20(16-21)13-14-30-27(34)24-18-32(17-23-12-7-15-36-23)19-25(26(24)33)28(35)31-22-10-4-2-1-3-5-11-22/h6,8-9,16,18-19,22-23H,1-5,7,10-15,17H2,(H,30,34)(H,31,35). The van der Waals surface area contributed by atoms with E-state index in [4.69, 9.17) is 4.74 Å². The normalized spacial score (nSPS) is 18.9. The van der Waals surface area contributed by atoms with Gasteiger partial charge in [-0.1, -0.05) is 44.2 Å². The van der Waals surface area contributed by atoms with Gasteiger partial charge < -0.3 is 19.9 Å². The lowest BCUT2D eigenvalue weighted by atomic mass is 9.96. The summed E-state index contributed by atoms with van der Waals surface area (Å²) in [4.78, 5) is 39.5. The van der Waals surface area contributed by atoms with E-state index in [1.807, 2.05) is 0 Å². The smallest absolute Gasteiger partial charge is 0.256 e. The average molecular weight is 498 g/mol. The van der Waals surface area contributed by atoms with E-state index in [0.717, 1.165) is 56.9 Å². The predicted octanol–water partition coefficient (Wildman–Crippen LogP) is 3.98. The van der Waals surface area contributed by atoms with Gasteiger partial charge >= 0.3 is 0 Å². The molecule has 1 aliphatic heterocycles. The lowest BCUT2D eigenvalue weighted by Crippen LogP contribution is -2.40. The molecule has 194 valence electrons. The summed E-state index contributed by atoms with van der Waals surface area (Å²) in [6.45, 7) is 1.40. The van der Waals surface area contributed by atoms with Crippen molar-refractivity contribution in [3.63, 3.8) is 0 Å². The first-order chi connectivity index (χ1) is 17.5. The van der Waals surface area contributed by atoms with Gasteiger partial charge in [0.15, 0.2) is 0 Å². The summed E-state index contributed by atoms with van der Waals surface area (Å²) >= 11 is 0. The summed E-state index contributed by atoms with van der Waals surface area (Å²) in [5.74, 6) is -1.31. The molecule has 1 atom stereocenters. The van der Waals surface area contributed by atoms with E-state index >= 15 is 0 Å². The fraction of sp³-hybridized carbons (Fsp3) is 0.536. The Hall–Kier alpha value is -3.00. The molecule has 1 saturated heterocycles. The van der Waals surface area contributed by atoms with E-state index in [0.29, 0.717) is 19.6 Å². The Bertz CT molecular complexity index is 1100. The molecule has 2 aliphatic rings. The Morgan fingerprint density at radius 3 is 2.39 bits per heavy atom. The maximum absolute atomic E-state index is 13.4. The first kappa shape index (κ1) is 26.1. The first-order valence-corrected chi connectivity index (χ1v) is 13.2. The summed E-state index contributed by atoms with van der Waals surface area (Å²) in [5, 5.41) is 5.80. The van der Waals surface area contributed by atoms with Crippen LogP contribution in [0.2, 0.25) is 0 Å². The molecule has 1 aromatic heterocycles. The number of pyridine rings is 1. The van der Waals surface area contributed by atoms with Crippen LogP contribution in [0.5, 0.6) is 0 Å². The molecule has 0 bridgehead atoms. The van der Waals surface area contributed by atoms with Gasteiger partial charge in [0.05, 0.1) is 6.10 Å². The fourth-order valence-corrected chi connectivity index (χ4v) is 5.06. The molecule has 2 fully saturated rings. The van der Waals surface area contributed by atoms with E-state index < -0.39 is 17.2 Å². The monoisotopic (exact) mass is 497 g/mol. The largest absolute Gasteiger partial charge is 0.376 e. The number of hydrogen-bond donors (Lipinski definition) is 2. The van der Waals surface area contributed by atoms with Gasteiger partial charge in [0.1, 0.15) is 16.9 Å². The van der Waals surface area contributed by atoms with E-state index in [2.05, 4.69) is 10.6 Å². The van der Waals surface area contributed by atoms with Crippen molar-refractivity contribution in [3.8, 4) is 0 Å². The highest BCUT2D eigenvalue weighted by Gasteiger charge is 2.23. The SMILES string of the molecule is O=C(NCCc1cccc(F)c1)c1cn(CC2CCCO2)cc(C(=O)NC2CCCCCCC2)c1=O. The van der Waals surface area contributed by atoms with Crippen molar-refractivity contribution in [1.29, 1.82) is 0 Å². The number of amides is 2. The number of rotatable bonds is 8. The molecule has 1 aromatic carbocycles. The van der Waals surface area contributed by atoms with E-state index in [1.54, 1.807) is 22.9 Å². The number of ether oxygens (including phenoxy) is 1. The van der Waals surface area contributed by atoms with Crippen LogP contribution in [0.4, 0.5) is 4.39 Å². The van der Waals surface area contributed by atoms with Crippen molar-refractivity contribution in [2.75, 3.05) is 13.2 Å². The molecule has 7 nitrogen and oxygen atoms in total. The second kappa shape index (κ2) is 12.8. The quantitative estimate of drug-likeness (QED) is 0.577. The number of nitrogens with one attached hydrogen (secondary N) is 2. The second-order valence-corrected chi connectivity index (χ2v) is 9.90. The minimum absolute atomic E-state index is 0.0158. The number of nitrogens with zero attached hydrogens (tertiary/aromatic N) is 1. The summed E-state index contributed by atoms with van der Waals surface area (Å²) in [6, 6.07) is 6.22. The van der Waals surface area contributed by atoms with E-state index in [-0.39, 0.29) is 35.6 Å². The van der Waals surface area contributed by atoms with Crippen LogP contribution in [-0.2, 0) is 17.7 Å². The zero-order valence-corrected chi connectivity index (χ0v) is 20.8. The molecular formula is C28H36FN3O4. The molecule has 4 rings (SSSR count). The van der Waals surface area contributed by atoms with Crippen LogP contribution in [0.3, 0.4) is 0 Å². The molecule has 2 aromatic rings. The maximum Gasteiger partial charge on any atom is 0.256 e. The summed E-state index contributed by atoms with van der Waals surface area (Å²) in [7, 11) is 0. The first-order valence-electron chi connectivity index (χ1n) is 13.2. The highest BCUT2D eigenvalue weighted by Crippen LogP contribution is 2.18. The van der Waals surface area contributed by atoms with Crippen LogP contribution in [0.15, 0.2) is 41.5 Å². The van der Waals surface area contributed by atoms with Crippen LogP contribution >= 0.6 is 0 Å². The molecule has 0 spiro atoms. The predicted molar refractivity (Wildman–Crippen MR) is 136 cm³/mol. The number of aromatic nitrogens is 1. The van der Waals surface area contributed by atoms with Crippen LogP contribution in [-0.4, -0.2) is 41.7 Å². The third kappa shape index (κ3) is 7.26. The molecular weight excluding hydrogens is 461 g/mol. The third-order valence-corrected chi connectivity index (χ3v) is 7.04. The van der Waals surface area contributed by atoms with Crippen molar-refractivity contribution < 1.29 is 18.7 Å². The van der Waals surface area contributed by atoms with Crippen LogP contribution in [0.25, 0.3) is 0 Å². The number of benzene rings is 1. The molecule has 8 heteroatoms. The van der Waals surface area contributed by atoms with Gasteiger partial charge in [-0.2, -0.15) is 0 Å². The average Bonchev–Trinajstić information content (AvgIpc) is 3.34. The highest BCUT2D eigenvalue weighted by molar-refractivity contribution is 5.99. The molecule has 2 amide bonds. The van der Waals surface area contributed by atoms with Crippen molar-refractivity contribution in [3.05, 3.63) is 69.4 Å². The molecule has 36 heavy (non-hydrogen) atoms. The summed E-state index contributed by atoms with van der Waals surface area (Å²) in [6.07, 6.45) is 12.8. The molecule has 1 unspecified atom stereocenters. The van der Waals surface area contributed by atoms with Crippen molar-refractivity contribution in [2.24, 2.45) is 0 Å². The van der Waals surface area contributed by atoms with Gasteiger partial charge in [-0.25, -0.2) is 4.39 Å². The van der Waals surface area contributed by atoms with Crippen LogP contribution < -0.4 is 16.1 Å². The van der Waals surface area contributed by atoms with Crippen LogP contribution in [0, 0.1) is 5.82 Å². The molecule has 2 N–H and O–H groups in total. The topological polar surface area (TPSA) is 89.4 Å². The van der Waals surface area contributed by atoms with Gasteiger partial charge in [0, 0.05) is 38.1 Å². The minimum atomic E-state index is -0.579. The Morgan fingerprint density at radius 2 is 1.69 bits per heavy atom. The van der Waals surface area contributed by atoms with E-state index in [1.165, 1.54) is 24.8 Å². The van der Waals surface area contributed by atoms with Crippen molar-refractivity contribution in [2.45, 2.75) is 82.9 Å². The summed E-state index contributed by atoms with van der Waals surface area (Å²) in [5.41, 5.74) is 0.0778. The molecule has 0 radical (unpaired) electrons. The molecule has 2 heterocycles. The number of halogens is 1. The Kier molecular flexibility index (Phi) is 9.28. The van der Waals surface area contributed by atoms with Gasteiger partial charge in [0.2, 0.25) is 5.43 Å². The molecule has 1 saturated carbocycles. The second-order valence-electron chi connectivity index (χ2n) is 9.90. The Morgan fingerprint density at radius 1 is 0.972 bits per heavy atom. The maximum atomic E-state index is 13.4. The van der Waals surface area contributed by atoms with Crippen molar-refractivity contribution >= 4 is 11.8 Å². The zero-order valence-electron chi connectivity index (χ0n) is 20.8. The van der Waals surface area contributed by atoms with Gasteiger partial charge in [-0.15, -0.1) is 0 Å². The Labute approximate surface area is 211 Å². The third-order valence-electron chi connectivity index (χ3n) is 7.04. The van der Waals surface area contributed by atoms with Gasteiger partial charge in [0.25, 0.3) is 11.8 Å². The lowest BCUT2D eigenvalue weighted by molar-refractivity contribution is 0.0914. The number of hydrogen-bond acceptors (Lipinski definition) is 4. The number of carbonyl (C=O) groups excluding carboxylic acids is 2. The zero-order chi connectivity index (χ0) is 25.3. The Balaban J connectivity index is 1.50. The highest BCUT2D eigenvalue weighted by atomic mass is 19.1.